The van der Waals surface area contributed by atoms with E-state index in [1.807, 2.05) is 0 Å². The van der Waals surface area contributed by atoms with Crippen LogP contribution in [0.5, 0.6) is 0 Å². The number of carbonyl (C=O) groups is 1. The van der Waals surface area contributed by atoms with Gasteiger partial charge in [0.2, 0.25) is 5.91 Å². The van der Waals surface area contributed by atoms with Gasteiger partial charge in [0, 0.05) is 6.42 Å². The largest absolute Gasteiger partial charge is 0.370 e. The van der Waals surface area contributed by atoms with E-state index in [2.05, 4.69) is 12.2 Å². The van der Waals surface area contributed by atoms with Crippen molar-refractivity contribution in [3.8, 4) is 0 Å². The Hall–Kier alpha value is -0.570. The van der Waals surface area contributed by atoms with Crippen LogP contribution in [0.4, 0.5) is 0 Å². The lowest BCUT2D eigenvalue weighted by atomic mass is 9.85. The first-order valence-electron chi connectivity index (χ1n) is 5.19. The Bertz CT molecular complexity index is 162. The standard InChI is InChI=1S/C10H20N2O/c1-8(7-10(11)13)9-3-2-5-12-6-4-9/h8-9,12H,2-7H2,1H3,(H2,11,13). The van der Waals surface area contributed by atoms with Crippen molar-refractivity contribution in [3.05, 3.63) is 0 Å². The molecule has 3 nitrogen and oxygen atoms in total. The van der Waals surface area contributed by atoms with Crippen LogP contribution in [0, 0.1) is 11.8 Å². The molecule has 3 N–H and O–H groups in total. The van der Waals surface area contributed by atoms with E-state index in [-0.39, 0.29) is 5.91 Å². The second-order valence-electron chi connectivity index (χ2n) is 4.09. The summed E-state index contributed by atoms with van der Waals surface area (Å²) in [5.41, 5.74) is 5.18. The quantitative estimate of drug-likeness (QED) is 0.684. The molecule has 1 heterocycles. The second kappa shape index (κ2) is 5.22. The number of hydrogen-bond donors (Lipinski definition) is 2. The maximum absolute atomic E-state index is 10.7. The number of nitrogens with two attached hydrogens (primary N) is 1. The van der Waals surface area contributed by atoms with Crippen molar-refractivity contribution in [1.82, 2.24) is 5.32 Å². The van der Waals surface area contributed by atoms with E-state index in [4.69, 9.17) is 5.73 Å². The minimum Gasteiger partial charge on any atom is -0.370 e. The molecule has 2 atom stereocenters. The Morgan fingerprint density at radius 2 is 2.31 bits per heavy atom. The summed E-state index contributed by atoms with van der Waals surface area (Å²) in [6.07, 6.45) is 4.20. The van der Waals surface area contributed by atoms with Crippen LogP contribution in [-0.4, -0.2) is 19.0 Å². The van der Waals surface area contributed by atoms with Gasteiger partial charge in [-0.25, -0.2) is 0 Å². The molecule has 0 saturated carbocycles. The minimum atomic E-state index is -0.162. The SMILES string of the molecule is CC(CC(N)=O)C1CCCNCC1. The maximum atomic E-state index is 10.7. The van der Waals surface area contributed by atoms with Gasteiger partial charge < -0.3 is 11.1 Å². The molecule has 3 heteroatoms. The molecule has 1 rings (SSSR count). The predicted octanol–water partition coefficient (Wildman–Crippen LogP) is 0.888. The number of carbonyl (C=O) groups excluding carboxylic acids is 1. The van der Waals surface area contributed by atoms with Gasteiger partial charge in [-0.2, -0.15) is 0 Å². The molecular formula is C10H20N2O. The number of primary amides is 1. The van der Waals surface area contributed by atoms with Crippen molar-refractivity contribution in [2.24, 2.45) is 17.6 Å². The summed E-state index contributed by atoms with van der Waals surface area (Å²) in [6, 6.07) is 0. The Labute approximate surface area is 80.1 Å². The topological polar surface area (TPSA) is 55.1 Å². The molecule has 0 aliphatic carbocycles. The third-order valence-electron chi connectivity index (χ3n) is 2.95. The van der Waals surface area contributed by atoms with E-state index < -0.39 is 0 Å². The molecular weight excluding hydrogens is 164 g/mol. The Morgan fingerprint density at radius 1 is 1.54 bits per heavy atom. The summed E-state index contributed by atoms with van der Waals surface area (Å²) in [5, 5.41) is 3.37. The average molecular weight is 184 g/mol. The Morgan fingerprint density at radius 3 is 3.00 bits per heavy atom. The van der Waals surface area contributed by atoms with Gasteiger partial charge in [0.05, 0.1) is 0 Å². The number of rotatable bonds is 3. The van der Waals surface area contributed by atoms with E-state index >= 15 is 0 Å². The van der Waals surface area contributed by atoms with Crippen molar-refractivity contribution >= 4 is 5.91 Å². The van der Waals surface area contributed by atoms with E-state index in [9.17, 15) is 4.79 Å². The molecule has 0 spiro atoms. The van der Waals surface area contributed by atoms with E-state index in [1.165, 1.54) is 19.3 Å². The van der Waals surface area contributed by atoms with Crippen molar-refractivity contribution in [1.29, 1.82) is 0 Å². The van der Waals surface area contributed by atoms with Gasteiger partial charge in [0.15, 0.2) is 0 Å². The van der Waals surface area contributed by atoms with Crippen LogP contribution in [0.25, 0.3) is 0 Å². The van der Waals surface area contributed by atoms with Crippen LogP contribution < -0.4 is 11.1 Å². The zero-order valence-corrected chi connectivity index (χ0v) is 8.38. The second-order valence-corrected chi connectivity index (χ2v) is 4.09. The zero-order chi connectivity index (χ0) is 9.68. The molecule has 2 unspecified atom stereocenters. The zero-order valence-electron chi connectivity index (χ0n) is 8.38. The third-order valence-corrected chi connectivity index (χ3v) is 2.95. The number of nitrogens with one attached hydrogen (secondary N) is 1. The van der Waals surface area contributed by atoms with Gasteiger partial charge in [0.1, 0.15) is 0 Å². The lowest BCUT2D eigenvalue weighted by Gasteiger charge is -2.20. The van der Waals surface area contributed by atoms with Gasteiger partial charge in [0.25, 0.3) is 0 Å². The van der Waals surface area contributed by atoms with Crippen LogP contribution in [0.15, 0.2) is 0 Å². The van der Waals surface area contributed by atoms with Crippen molar-refractivity contribution in [2.75, 3.05) is 13.1 Å². The highest BCUT2D eigenvalue weighted by atomic mass is 16.1. The summed E-state index contributed by atoms with van der Waals surface area (Å²) in [6.45, 7) is 4.36. The molecule has 0 bridgehead atoms. The van der Waals surface area contributed by atoms with E-state index in [0.717, 1.165) is 13.1 Å². The van der Waals surface area contributed by atoms with E-state index in [1.54, 1.807) is 0 Å². The number of hydrogen-bond acceptors (Lipinski definition) is 2. The summed E-state index contributed by atoms with van der Waals surface area (Å²) < 4.78 is 0. The van der Waals surface area contributed by atoms with Crippen LogP contribution in [0.3, 0.4) is 0 Å². The lowest BCUT2D eigenvalue weighted by Crippen LogP contribution is -2.21. The van der Waals surface area contributed by atoms with Crippen LogP contribution in [-0.2, 0) is 4.79 Å². The first-order valence-corrected chi connectivity index (χ1v) is 5.19. The lowest BCUT2D eigenvalue weighted by molar-refractivity contribution is -0.119. The summed E-state index contributed by atoms with van der Waals surface area (Å²) in [5.74, 6) is 0.976. The minimum absolute atomic E-state index is 0.162. The maximum Gasteiger partial charge on any atom is 0.217 e. The molecule has 1 saturated heterocycles. The fraction of sp³-hybridized carbons (Fsp3) is 0.900. The van der Waals surface area contributed by atoms with Crippen molar-refractivity contribution < 1.29 is 4.79 Å². The molecule has 0 aromatic carbocycles. The van der Waals surface area contributed by atoms with Gasteiger partial charge in [-0.15, -0.1) is 0 Å². The molecule has 1 fully saturated rings. The molecule has 0 radical (unpaired) electrons. The fourth-order valence-corrected chi connectivity index (χ4v) is 2.10. The average Bonchev–Trinajstić information content (AvgIpc) is 2.29. The van der Waals surface area contributed by atoms with Crippen molar-refractivity contribution in [2.45, 2.75) is 32.6 Å². The molecule has 1 aliphatic rings. The first-order chi connectivity index (χ1) is 6.20. The summed E-state index contributed by atoms with van der Waals surface area (Å²) in [4.78, 5) is 10.7. The van der Waals surface area contributed by atoms with E-state index in [0.29, 0.717) is 18.3 Å². The molecule has 76 valence electrons. The predicted molar refractivity (Wildman–Crippen MR) is 53.2 cm³/mol. The molecule has 0 aromatic heterocycles. The first kappa shape index (κ1) is 10.5. The normalized spacial score (nSPS) is 26.4. The van der Waals surface area contributed by atoms with Gasteiger partial charge in [-0.1, -0.05) is 6.92 Å². The molecule has 1 aliphatic heterocycles. The molecule has 1 amide bonds. The van der Waals surface area contributed by atoms with Crippen LogP contribution in [0.1, 0.15) is 32.6 Å². The number of amides is 1. The van der Waals surface area contributed by atoms with Gasteiger partial charge >= 0.3 is 0 Å². The highest BCUT2D eigenvalue weighted by Gasteiger charge is 2.19. The fourth-order valence-electron chi connectivity index (χ4n) is 2.10. The third kappa shape index (κ3) is 3.77. The summed E-state index contributed by atoms with van der Waals surface area (Å²) in [7, 11) is 0. The van der Waals surface area contributed by atoms with Gasteiger partial charge in [-0.05, 0) is 44.2 Å². The van der Waals surface area contributed by atoms with Gasteiger partial charge in [-0.3, -0.25) is 4.79 Å². The van der Waals surface area contributed by atoms with Crippen LogP contribution >= 0.6 is 0 Å². The Kier molecular flexibility index (Phi) is 4.22. The highest BCUT2D eigenvalue weighted by molar-refractivity contribution is 5.73. The van der Waals surface area contributed by atoms with Crippen molar-refractivity contribution in [3.63, 3.8) is 0 Å². The Balaban J connectivity index is 2.34. The smallest absolute Gasteiger partial charge is 0.217 e. The molecule has 13 heavy (non-hydrogen) atoms. The highest BCUT2D eigenvalue weighted by Crippen LogP contribution is 2.24. The summed E-state index contributed by atoms with van der Waals surface area (Å²) >= 11 is 0. The van der Waals surface area contributed by atoms with Crippen LogP contribution in [0.2, 0.25) is 0 Å². The monoisotopic (exact) mass is 184 g/mol. The molecule has 0 aromatic rings.